The van der Waals surface area contributed by atoms with E-state index in [1.54, 1.807) is 12.4 Å². The van der Waals surface area contributed by atoms with Crippen molar-refractivity contribution in [1.29, 1.82) is 0 Å². The number of fused-ring (bicyclic) bond motifs is 6. The number of hydrogen-bond acceptors (Lipinski definition) is 3. The Balaban J connectivity index is 1.47. The summed E-state index contributed by atoms with van der Waals surface area (Å²) in [6.07, 6.45) is 3.59. The Morgan fingerprint density at radius 2 is 0.800 bits per heavy atom. The van der Waals surface area contributed by atoms with Gasteiger partial charge >= 0.3 is 0 Å². The third-order valence-electron chi connectivity index (χ3n) is 7.75. The van der Waals surface area contributed by atoms with Crippen LogP contribution in [-0.2, 0) is 0 Å². The summed E-state index contributed by atoms with van der Waals surface area (Å²) in [6, 6.07) is 44.9. The van der Waals surface area contributed by atoms with Crippen LogP contribution in [0.25, 0.3) is 77.0 Å². The monoisotopic (exact) mass is 509 g/mol. The van der Waals surface area contributed by atoms with Crippen molar-refractivity contribution in [3.8, 4) is 33.9 Å². The van der Waals surface area contributed by atoms with Crippen LogP contribution < -0.4 is 0 Å². The summed E-state index contributed by atoms with van der Waals surface area (Å²) < 4.78 is 0. The van der Waals surface area contributed by atoms with Crippen molar-refractivity contribution >= 4 is 43.1 Å². The largest absolute Gasteiger partial charge is 0.265 e. The van der Waals surface area contributed by atoms with Crippen molar-refractivity contribution in [2.75, 3.05) is 0 Å². The minimum Gasteiger partial charge on any atom is -0.265 e. The summed E-state index contributed by atoms with van der Waals surface area (Å²) in [7, 11) is 0. The lowest BCUT2D eigenvalue weighted by molar-refractivity contribution is 1.18. The molecule has 186 valence electrons. The van der Waals surface area contributed by atoms with Crippen molar-refractivity contribution < 1.29 is 0 Å². The molecule has 8 aromatic rings. The number of hydrogen-bond donors (Lipinski definition) is 0. The molecule has 0 amide bonds. The second-order valence-corrected chi connectivity index (χ2v) is 10.1. The zero-order valence-electron chi connectivity index (χ0n) is 21.6. The first-order chi connectivity index (χ1) is 19.8. The van der Waals surface area contributed by atoms with E-state index in [1.807, 2.05) is 12.1 Å². The molecule has 0 bridgehead atoms. The molecule has 2 aromatic heterocycles. The molecule has 0 N–H and O–H groups in total. The van der Waals surface area contributed by atoms with Crippen molar-refractivity contribution in [3.05, 3.63) is 140 Å². The van der Waals surface area contributed by atoms with E-state index in [2.05, 4.69) is 120 Å². The summed E-state index contributed by atoms with van der Waals surface area (Å²) in [5.74, 6) is 0.685. The van der Waals surface area contributed by atoms with Crippen molar-refractivity contribution in [2.24, 2.45) is 0 Å². The summed E-state index contributed by atoms with van der Waals surface area (Å²) in [5.41, 5.74) is 4.93. The first-order valence-corrected chi connectivity index (χ1v) is 13.4. The number of pyridine rings is 1. The fourth-order valence-corrected chi connectivity index (χ4v) is 5.89. The molecule has 0 unspecified atom stereocenters. The molecule has 3 nitrogen and oxygen atoms in total. The van der Waals surface area contributed by atoms with Crippen LogP contribution in [0.5, 0.6) is 0 Å². The molecule has 6 aromatic carbocycles. The van der Waals surface area contributed by atoms with Crippen LogP contribution in [-0.4, -0.2) is 15.0 Å². The van der Waals surface area contributed by atoms with E-state index in [0.717, 1.165) is 28.1 Å². The quantitative estimate of drug-likeness (QED) is 0.223. The van der Waals surface area contributed by atoms with E-state index in [1.165, 1.54) is 43.1 Å². The normalized spacial score (nSPS) is 11.5. The van der Waals surface area contributed by atoms with Gasteiger partial charge in [-0.2, -0.15) is 0 Å². The lowest BCUT2D eigenvalue weighted by Crippen LogP contribution is -1.97. The van der Waals surface area contributed by atoms with Gasteiger partial charge in [-0.3, -0.25) is 4.98 Å². The van der Waals surface area contributed by atoms with Gasteiger partial charge in [0.1, 0.15) is 0 Å². The minimum atomic E-state index is 0.685. The van der Waals surface area contributed by atoms with Gasteiger partial charge in [0, 0.05) is 29.1 Å². The fourth-order valence-electron chi connectivity index (χ4n) is 5.89. The standard InChI is InChI=1S/C37H23N3/c1-3-11-27-25(9-1)21-33(31-15-7-5-13-29(27)31)35-23-36(40-37(39-35)24-17-19-38-20-18-24)34-22-26-10-2-4-12-28(26)30-14-6-8-16-32(30)34/h1-23H. The van der Waals surface area contributed by atoms with Gasteiger partial charge in [-0.25, -0.2) is 9.97 Å². The lowest BCUT2D eigenvalue weighted by Gasteiger charge is -2.15. The van der Waals surface area contributed by atoms with Crippen molar-refractivity contribution in [2.45, 2.75) is 0 Å². The van der Waals surface area contributed by atoms with Crippen LogP contribution >= 0.6 is 0 Å². The van der Waals surface area contributed by atoms with Gasteiger partial charge in [-0.05, 0) is 73.4 Å². The van der Waals surface area contributed by atoms with E-state index >= 15 is 0 Å². The van der Waals surface area contributed by atoms with Crippen LogP contribution in [0.4, 0.5) is 0 Å². The molecule has 8 rings (SSSR count). The first-order valence-electron chi connectivity index (χ1n) is 13.4. The first kappa shape index (κ1) is 22.6. The van der Waals surface area contributed by atoms with Crippen LogP contribution in [0, 0.1) is 0 Å². The van der Waals surface area contributed by atoms with Gasteiger partial charge in [0.2, 0.25) is 0 Å². The third kappa shape index (κ3) is 3.63. The van der Waals surface area contributed by atoms with Crippen LogP contribution in [0.3, 0.4) is 0 Å². The molecule has 0 aliphatic heterocycles. The lowest BCUT2D eigenvalue weighted by atomic mass is 9.93. The topological polar surface area (TPSA) is 38.7 Å². The highest BCUT2D eigenvalue weighted by Crippen LogP contribution is 2.39. The average molecular weight is 510 g/mol. The molecular formula is C37H23N3. The summed E-state index contributed by atoms with van der Waals surface area (Å²) in [6.45, 7) is 0. The Hall–Kier alpha value is -5.41. The summed E-state index contributed by atoms with van der Waals surface area (Å²) in [4.78, 5) is 14.5. The minimum absolute atomic E-state index is 0.685. The molecule has 0 spiro atoms. The van der Waals surface area contributed by atoms with E-state index in [-0.39, 0.29) is 0 Å². The zero-order chi connectivity index (χ0) is 26.5. The second-order valence-electron chi connectivity index (χ2n) is 10.1. The number of rotatable bonds is 3. The highest BCUT2D eigenvalue weighted by Gasteiger charge is 2.16. The van der Waals surface area contributed by atoms with Gasteiger partial charge in [0.05, 0.1) is 11.4 Å². The number of nitrogens with zero attached hydrogens (tertiary/aromatic N) is 3. The Kier molecular flexibility index (Phi) is 5.14. The maximum absolute atomic E-state index is 5.16. The highest BCUT2D eigenvalue weighted by molar-refractivity contribution is 6.15. The SMILES string of the molecule is c1ccc2c(c1)cc(-c1cc(-c3cc4ccccc4c4ccccc34)nc(-c3ccncc3)n1)c1ccccc12. The van der Waals surface area contributed by atoms with Crippen LogP contribution in [0.1, 0.15) is 0 Å². The Labute approximate surface area is 231 Å². The van der Waals surface area contributed by atoms with Gasteiger partial charge in [-0.15, -0.1) is 0 Å². The van der Waals surface area contributed by atoms with E-state index in [0.29, 0.717) is 5.82 Å². The maximum atomic E-state index is 5.16. The molecule has 0 atom stereocenters. The predicted molar refractivity (Wildman–Crippen MR) is 166 cm³/mol. The second kappa shape index (κ2) is 9.11. The van der Waals surface area contributed by atoms with Crippen molar-refractivity contribution in [1.82, 2.24) is 15.0 Å². The summed E-state index contributed by atoms with van der Waals surface area (Å²) >= 11 is 0. The van der Waals surface area contributed by atoms with E-state index in [9.17, 15) is 0 Å². The van der Waals surface area contributed by atoms with Gasteiger partial charge < -0.3 is 0 Å². The fraction of sp³-hybridized carbons (Fsp3) is 0. The van der Waals surface area contributed by atoms with Gasteiger partial charge in [-0.1, -0.05) is 97.1 Å². The zero-order valence-corrected chi connectivity index (χ0v) is 21.6. The van der Waals surface area contributed by atoms with E-state index < -0.39 is 0 Å². The highest BCUT2D eigenvalue weighted by atomic mass is 14.9. The molecule has 40 heavy (non-hydrogen) atoms. The number of benzene rings is 6. The predicted octanol–water partition coefficient (Wildman–Crippen LogP) is 9.49. The molecule has 0 saturated heterocycles. The van der Waals surface area contributed by atoms with Gasteiger partial charge in [0.15, 0.2) is 5.82 Å². The van der Waals surface area contributed by atoms with Crippen molar-refractivity contribution in [3.63, 3.8) is 0 Å². The summed E-state index contributed by atoms with van der Waals surface area (Å²) in [5, 5.41) is 9.66. The van der Waals surface area contributed by atoms with E-state index in [4.69, 9.17) is 9.97 Å². The smallest absolute Gasteiger partial charge is 0.160 e. The van der Waals surface area contributed by atoms with Crippen LogP contribution in [0.15, 0.2) is 140 Å². The molecular weight excluding hydrogens is 486 g/mol. The Morgan fingerprint density at radius 3 is 1.30 bits per heavy atom. The van der Waals surface area contributed by atoms with Gasteiger partial charge in [0.25, 0.3) is 0 Å². The Morgan fingerprint density at radius 1 is 0.375 bits per heavy atom. The molecule has 0 radical (unpaired) electrons. The maximum Gasteiger partial charge on any atom is 0.160 e. The molecule has 0 fully saturated rings. The average Bonchev–Trinajstić information content (AvgIpc) is 3.04. The molecule has 2 heterocycles. The Bertz CT molecular complexity index is 2080. The third-order valence-corrected chi connectivity index (χ3v) is 7.75. The molecule has 0 aliphatic carbocycles. The number of aromatic nitrogens is 3. The molecule has 0 saturated carbocycles. The van der Waals surface area contributed by atoms with Crippen LogP contribution in [0.2, 0.25) is 0 Å². The molecule has 0 aliphatic rings. The molecule has 3 heteroatoms.